The van der Waals surface area contributed by atoms with Crippen molar-refractivity contribution in [2.24, 2.45) is 0 Å². The molecule has 0 atom stereocenters. The molecule has 266 valence electrons. The zero-order valence-corrected chi connectivity index (χ0v) is 32.4. The zero-order valence-electron chi connectivity index (χ0n) is 32.4. The van der Waals surface area contributed by atoms with Gasteiger partial charge in [-0.15, -0.1) is 0 Å². The minimum absolute atomic E-state index is 0.368. The number of carbonyl (C=O) groups is 2. The molecule has 50 heavy (non-hydrogen) atoms. The van der Waals surface area contributed by atoms with Gasteiger partial charge < -0.3 is 9.47 Å². The summed E-state index contributed by atoms with van der Waals surface area (Å²) in [7, 11) is 2.80. The first-order valence-electron chi connectivity index (χ1n) is 19.4. The number of ether oxygens (including phenoxy) is 2. The van der Waals surface area contributed by atoms with E-state index < -0.39 is 11.9 Å². The molecule has 0 aromatic heterocycles. The molecule has 0 saturated carbocycles. The molecule has 0 aliphatic carbocycles. The number of rotatable bonds is 14. The van der Waals surface area contributed by atoms with Gasteiger partial charge in [-0.2, -0.15) is 0 Å². The number of aryl methyl sites for hydroxylation is 6. The minimum Gasteiger partial charge on any atom is -0.465 e. The topological polar surface area (TPSA) is 52.6 Å². The second-order valence-corrected chi connectivity index (χ2v) is 13.9. The Morgan fingerprint density at radius 2 is 0.620 bits per heavy atom. The van der Waals surface area contributed by atoms with Crippen LogP contribution in [0.5, 0.6) is 0 Å². The SMILES string of the molecule is CCCc1c(C(=O)OC)c(C(=O)OC)c(CCC)c2cc3c(CCC)c4cc5c(CC)c(CC)c(CC)c(CC)c5cc4c(CCC)c3cc12. The highest BCUT2D eigenvalue weighted by Crippen LogP contribution is 2.44. The van der Waals surface area contributed by atoms with Gasteiger partial charge in [0, 0.05) is 0 Å². The fraction of sp³-hybridized carbons (Fsp3) is 0.478. The predicted molar refractivity (Wildman–Crippen MR) is 213 cm³/mol. The van der Waals surface area contributed by atoms with Gasteiger partial charge in [0.05, 0.1) is 25.3 Å². The molecule has 4 nitrogen and oxygen atoms in total. The van der Waals surface area contributed by atoms with Gasteiger partial charge >= 0.3 is 11.9 Å². The molecular weight excluding hydrogens is 617 g/mol. The van der Waals surface area contributed by atoms with E-state index in [1.165, 1.54) is 68.8 Å². The Bertz CT molecular complexity index is 1950. The van der Waals surface area contributed by atoms with Crippen LogP contribution in [0.25, 0.3) is 43.1 Å². The van der Waals surface area contributed by atoms with Crippen LogP contribution in [0.3, 0.4) is 0 Å². The highest BCUT2D eigenvalue weighted by Gasteiger charge is 2.30. The van der Waals surface area contributed by atoms with Crippen LogP contribution in [-0.4, -0.2) is 26.2 Å². The summed E-state index contributed by atoms with van der Waals surface area (Å²) in [6, 6.07) is 9.83. The number of fused-ring (bicyclic) bond motifs is 4. The summed E-state index contributed by atoms with van der Waals surface area (Å²) >= 11 is 0. The fourth-order valence-corrected chi connectivity index (χ4v) is 9.12. The first-order chi connectivity index (χ1) is 24.2. The maximum atomic E-state index is 13.6. The molecule has 0 aliphatic heterocycles. The summed E-state index contributed by atoms with van der Waals surface area (Å²) in [6.45, 7) is 18.0. The molecule has 0 fully saturated rings. The van der Waals surface area contributed by atoms with Crippen molar-refractivity contribution in [3.05, 3.63) is 79.9 Å². The summed E-state index contributed by atoms with van der Waals surface area (Å²) in [6.07, 6.45) is 11.1. The van der Waals surface area contributed by atoms with Gasteiger partial charge in [0.25, 0.3) is 0 Å². The van der Waals surface area contributed by atoms with Crippen molar-refractivity contribution >= 4 is 55.0 Å². The van der Waals surface area contributed by atoms with Crippen molar-refractivity contribution in [1.29, 1.82) is 0 Å². The number of hydrogen-bond donors (Lipinski definition) is 0. The van der Waals surface area contributed by atoms with Crippen molar-refractivity contribution in [2.45, 2.75) is 132 Å². The van der Waals surface area contributed by atoms with Crippen molar-refractivity contribution in [2.75, 3.05) is 14.2 Å². The minimum atomic E-state index is -0.476. The Hall–Kier alpha value is -3.92. The molecule has 0 N–H and O–H groups in total. The maximum absolute atomic E-state index is 13.6. The van der Waals surface area contributed by atoms with Crippen LogP contribution >= 0.6 is 0 Å². The Kier molecular flexibility index (Phi) is 11.9. The van der Waals surface area contributed by atoms with Crippen molar-refractivity contribution in [3.8, 4) is 0 Å². The number of esters is 2. The van der Waals surface area contributed by atoms with Gasteiger partial charge in [-0.25, -0.2) is 9.59 Å². The molecule has 5 aromatic carbocycles. The first kappa shape index (κ1) is 37.3. The first-order valence-corrected chi connectivity index (χ1v) is 19.4. The monoisotopic (exact) mass is 674 g/mol. The number of benzene rings is 5. The maximum Gasteiger partial charge on any atom is 0.339 e. The summed E-state index contributed by atoms with van der Waals surface area (Å²) < 4.78 is 10.7. The second-order valence-electron chi connectivity index (χ2n) is 13.9. The lowest BCUT2D eigenvalue weighted by Gasteiger charge is -2.25. The molecule has 0 bridgehead atoms. The predicted octanol–water partition coefficient (Wildman–Crippen LogP) is 11.9. The molecule has 0 radical (unpaired) electrons. The van der Waals surface area contributed by atoms with Gasteiger partial charge in [-0.1, -0.05) is 81.1 Å². The lowest BCUT2D eigenvalue weighted by Crippen LogP contribution is -2.18. The molecule has 0 spiro atoms. The molecule has 4 heteroatoms. The van der Waals surface area contributed by atoms with Crippen LogP contribution in [0.15, 0.2) is 24.3 Å². The van der Waals surface area contributed by atoms with Crippen molar-refractivity contribution < 1.29 is 19.1 Å². The van der Waals surface area contributed by atoms with Gasteiger partial charge in [-0.05, 0) is 163 Å². The third-order valence-corrected chi connectivity index (χ3v) is 11.1. The molecule has 0 heterocycles. The lowest BCUT2D eigenvalue weighted by molar-refractivity contribution is 0.0553. The molecule has 0 saturated heterocycles. The third-order valence-electron chi connectivity index (χ3n) is 11.1. The molecule has 0 aliphatic rings. The van der Waals surface area contributed by atoms with Crippen molar-refractivity contribution in [3.63, 3.8) is 0 Å². The number of methoxy groups -OCH3 is 2. The number of hydrogen-bond acceptors (Lipinski definition) is 4. The average Bonchev–Trinajstić information content (AvgIpc) is 3.13. The van der Waals surface area contributed by atoms with E-state index in [0.717, 1.165) is 86.1 Å². The average molecular weight is 675 g/mol. The van der Waals surface area contributed by atoms with Crippen LogP contribution in [0.1, 0.15) is 146 Å². The van der Waals surface area contributed by atoms with Crippen LogP contribution in [-0.2, 0) is 60.8 Å². The van der Waals surface area contributed by atoms with Gasteiger partial charge in [0.2, 0.25) is 0 Å². The fourth-order valence-electron chi connectivity index (χ4n) is 9.12. The largest absolute Gasteiger partial charge is 0.465 e. The number of carbonyl (C=O) groups excluding carboxylic acids is 2. The normalized spacial score (nSPS) is 11.7. The quantitative estimate of drug-likeness (QED) is 0.0869. The zero-order chi connectivity index (χ0) is 36.3. The summed E-state index contributed by atoms with van der Waals surface area (Å²) in [5.74, 6) is -0.953. The van der Waals surface area contributed by atoms with Crippen molar-refractivity contribution in [1.82, 2.24) is 0 Å². The molecule has 0 unspecified atom stereocenters. The summed E-state index contributed by atoms with van der Waals surface area (Å²) in [5.41, 5.74) is 11.4. The van der Waals surface area contributed by atoms with Crippen LogP contribution < -0.4 is 0 Å². The Labute approximate surface area is 299 Å². The van der Waals surface area contributed by atoms with Crippen LogP contribution in [0, 0.1) is 0 Å². The van der Waals surface area contributed by atoms with E-state index in [9.17, 15) is 9.59 Å². The highest BCUT2D eigenvalue weighted by atomic mass is 16.5. The highest BCUT2D eigenvalue weighted by molar-refractivity contribution is 6.18. The molecular formula is C46H58O4. The van der Waals surface area contributed by atoms with Gasteiger partial charge in [0.1, 0.15) is 0 Å². The smallest absolute Gasteiger partial charge is 0.339 e. The summed E-state index contributed by atoms with van der Waals surface area (Å²) in [4.78, 5) is 27.2. The van der Waals surface area contributed by atoms with E-state index in [1.807, 2.05) is 0 Å². The van der Waals surface area contributed by atoms with E-state index in [2.05, 4.69) is 79.7 Å². The Balaban J connectivity index is 2.13. The standard InChI is InChI=1S/C46H58O4/c1-11-19-31-37-23-35-29(17-7)27(15-5)28(16-6)30(18-8)36(35)24-38(37)32(20-12-2)40-26-42-34(22-14-4)44(46(48)50-10)43(45(47)49-9)33(21-13-3)41(42)25-39(31)40/h23-26H,11-22H2,1-10H3. The lowest BCUT2D eigenvalue weighted by atomic mass is 9.79. The molecule has 5 aromatic rings. The van der Waals surface area contributed by atoms with E-state index in [-0.39, 0.29) is 0 Å². The van der Waals surface area contributed by atoms with Gasteiger partial charge in [0.15, 0.2) is 0 Å². The van der Waals surface area contributed by atoms with E-state index >= 15 is 0 Å². The van der Waals surface area contributed by atoms with E-state index in [1.54, 1.807) is 11.1 Å². The van der Waals surface area contributed by atoms with Crippen LogP contribution in [0.4, 0.5) is 0 Å². The Morgan fingerprint density at radius 3 is 0.860 bits per heavy atom. The second kappa shape index (κ2) is 16.0. The van der Waals surface area contributed by atoms with E-state index in [0.29, 0.717) is 24.0 Å². The van der Waals surface area contributed by atoms with Gasteiger partial charge in [-0.3, -0.25) is 0 Å². The molecule has 5 rings (SSSR count). The third kappa shape index (κ3) is 6.07. The molecule has 0 amide bonds. The Morgan fingerprint density at radius 1 is 0.380 bits per heavy atom. The summed E-state index contributed by atoms with van der Waals surface area (Å²) in [5, 5.41) is 10.2. The van der Waals surface area contributed by atoms with Crippen LogP contribution in [0.2, 0.25) is 0 Å². The van der Waals surface area contributed by atoms with E-state index in [4.69, 9.17) is 9.47 Å².